The highest BCUT2D eigenvalue weighted by atomic mass is 16.2. The van der Waals surface area contributed by atoms with Crippen LogP contribution < -0.4 is 11.1 Å². The number of hydrogen-bond donors (Lipinski definition) is 0. The molecule has 0 atom stereocenters. The van der Waals surface area contributed by atoms with Crippen LogP contribution in [0.4, 0.5) is 0 Å². The molecule has 0 aliphatic rings. The van der Waals surface area contributed by atoms with Gasteiger partial charge in [0.05, 0.1) is 6.07 Å². The molecule has 1 rings (SSSR count). The maximum Gasteiger partial charge on any atom is 0.317 e. The average molecular weight is 165 g/mol. The minimum absolute atomic E-state index is 0.0884. The van der Waals surface area contributed by atoms with Gasteiger partial charge in [0.2, 0.25) is 0 Å². The van der Waals surface area contributed by atoms with Crippen LogP contribution in [0.1, 0.15) is 0 Å². The van der Waals surface area contributed by atoms with Crippen LogP contribution in [0.15, 0.2) is 22.0 Å². The zero-order chi connectivity index (χ0) is 9.14. The molecule has 0 spiro atoms. The van der Waals surface area contributed by atoms with Gasteiger partial charge in [-0.05, 0) is 0 Å². The van der Waals surface area contributed by atoms with Crippen molar-refractivity contribution in [3.05, 3.63) is 33.1 Å². The van der Waals surface area contributed by atoms with Gasteiger partial charge in [-0.25, -0.2) is 0 Å². The molecule has 1 heterocycles. The monoisotopic (exact) mass is 165 g/mol. The highest BCUT2D eigenvalue weighted by Crippen LogP contribution is 1.75. The third-order valence-electron chi connectivity index (χ3n) is 1.48. The molecule has 12 heavy (non-hydrogen) atoms. The molecule has 0 aliphatic carbocycles. The fourth-order valence-corrected chi connectivity index (χ4v) is 0.790. The predicted octanol–water partition coefficient (Wildman–Crippen LogP) is -0.929. The van der Waals surface area contributed by atoms with Gasteiger partial charge in [-0.2, -0.15) is 5.26 Å². The first-order valence-electron chi connectivity index (χ1n) is 3.30. The Balaban J connectivity index is 3.40. The Morgan fingerprint density at radius 2 is 2.08 bits per heavy atom. The molecule has 0 radical (unpaired) electrons. The number of nitrogens with zero attached hydrogens (tertiary/aromatic N) is 3. The molecular weight excluding hydrogens is 158 g/mol. The van der Waals surface area contributed by atoms with Crippen LogP contribution in [0, 0.1) is 11.3 Å². The van der Waals surface area contributed by atoms with E-state index < -0.39 is 11.1 Å². The molecule has 0 unspecified atom stereocenters. The van der Waals surface area contributed by atoms with E-state index in [4.69, 9.17) is 5.26 Å². The molecule has 0 aliphatic heterocycles. The normalized spacial score (nSPS) is 9.33. The molecule has 0 fully saturated rings. The van der Waals surface area contributed by atoms with Crippen molar-refractivity contribution in [1.82, 2.24) is 9.13 Å². The highest BCUT2D eigenvalue weighted by molar-refractivity contribution is 4.87. The van der Waals surface area contributed by atoms with Crippen molar-refractivity contribution in [3.8, 4) is 6.07 Å². The minimum atomic E-state index is -0.665. The predicted molar refractivity (Wildman–Crippen MR) is 41.6 cm³/mol. The highest BCUT2D eigenvalue weighted by Gasteiger charge is 1.99. The number of nitriles is 1. The summed E-state index contributed by atoms with van der Waals surface area (Å²) in [6, 6.07) is 1.79. The van der Waals surface area contributed by atoms with Gasteiger partial charge in [-0.1, -0.05) is 0 Å². The lowest BCUT2D eigenvalue weighted by molar-refractivity contribution is 0.711. The number of aryl methyl sites for hydroxylation is 1. The Morgan fingerprint density at radius 3 is 2.67 bits per heavy atom. The molecule has 0 saturated carbocycles. The Bertz CT molecular complexity index is 435. The largest absolute Gasteiger partial charge is 0.317 e. The van der Waals surface area contributed by atoms with E-state index in [1.807, 2.05) is 0 Å². The zero-order valence-electron chi connectivity index (χ0n) is 6.52. The summed E-state index contributed by atoms with van der Waals surface area (Å²) in [5, 5.41) is 8.29. The second kappa shape index (κ2) is 3.05. The molecular formula is C7H7N3O2. The Morgan fingerprint density at radius 1 is 1.42 bits per heavy atom. The quantitative estimate of drug-likeness (QED) is 0.505. The lowest BCUT2D eigenvalue weighted by atomic mass is 10.6. The van der Waals surface area contributed by atoms with E-state index in [-0.39, 0.29) is 6.54 Å². The van der Waals surface area contributed by atoms with Gasteiger partial charge in [0.15, 0.2) is 0 Å². The van der Waals surface area contributed by atoms with E-state index in [0.29, 0.717) is 0 Å². The standard InChI is InChI=1S/C7H7N3O2/c1-9-4-5-10(3-2-8)7(12)6(9)11/h4-5H,3H2,1H3. The summed E-state index contributed by atoms with van der Waals surface area (Å²) in [6.45, 7) is -0.0884. The lowest BCUT2D eigenvalue weighted by Gasteiger charge is -1.99. The van der Waals surface area contributed by atoms with Crippen LogP contribution >= 0.6 is 0 Å². The van der Waals surface area contributed by atoms with Gasteiger partial charge in [0.1, 0.15) is 6.54 Å². The van der Waals surface area contributed by atoms with Gasteiger partial charge >= 0.3 is 11.1 Å². The fraction of sp³-hybridized carbons (Fsp3) is 0.286. The topological polar surface area (TPSA) is 67.8 Å². The van der Waals surface area contributed by atoms with Crippen molar-refractivity contribution in [2.45, 2.75) is 6.54 Å². The second-order valence-electron chi connectivity index (χ2n) is 2.31. The summed E-state index contributed by atoms with van der Waals surface area (Å²) >= 11 is 0. The van der Waals surface area contributed by atoms with Crippen molar-refractivity contribution < 1.29 is 0 Å². The Kier molecular flexibility index (Phi) is 2.10. The molecule has 0 bridgehead atoms. The van der Waals surface area contributed by atoms with Crippen molar-refractivity contribution in [3.63, 3.8) is 0 Å². The number of rotatable bonds is 1. The van der Waals surface area contributed by atoms with Crippen LogP contribution in [-0.4, -0.2) is 9.13 Å². The van der Waals surface area contributed by atoms with Gasteiger partial charge in [-0.3, -0.25) is 14.2 Å². The molecule has 0 amide bonds. The summed E-state index contributed by atoms with van der Waals surface area (Å²) in [7, 11) is 1.49. The average Bonchev–Trinajstić information content (AvgIpc) is 2.07. The van der Waals surface area contributed by atoms with Gasteiger partial charge < -0.3 is 4.57 Å². The smallest absolute Gasteiger partial charge is 0.312 e. The third kappa shape index (κ3) is 1.27. The van der Waals surface area contributed by atoms with Crippen LogP contribution in [0.3, 0.4) is 0 Å². The molecule has 62 valence electrons. The van der Waals surface area contributed by atoms with E-state index in [9.17, 15) is 9.59 Å². The molecule has 1 aromatic heterocycles. The van der Waals surface area contributed by atoms with Crippen LogP contribution in [0.25, 0.3) is 0 Å². The Hall–Kier alpha value is -1.83. The van der Waals surface area contributed by atoms with E-state index in [1.165, 1.54) is 24.0 Å². The van der Waals surface area contributed by atoms with Crippen LogP contribution in [0.5, 0.6) is 0 Å². The molecule has 0 N–H and O–H groups in total. The van der Waals surface area contributed by atoms with Crippen LogP contribution in [0.2, 0.25) is 0 Å². The SMILES string of the molecule is Cn1ccn(CC#N)c(=O)c1=O. The number of hydrogen-bond acceptors (Lipinski definition) is 3. The van der Waals surface area contributed by atoms with Gasteiger partial charge in [0.25, 0.3) is 0 Å². The maximum atomic E-state index is 11.1. The zero-order valence-corrected chi connectivity index (χ0v) is 6.52. The van der Waals surface area contributed by atoms with Crippen molar-refractivity contribution in [2.75, 3.05) is 0 Å². The summed E-state index contributed by atoms with van der Waals surface area (Å²) in [5.41, 5.74) is -1.28. The third-order valence-corrected chi connectivity index (χ3v) is 1.48. The van der Waals surface area contributed by atoms with Crippen molar-refractivity contribution in [1.29, 1.82) is 5.26 Å². The maximum absolute atomic E-state index is 11.1. The van der Waals surface area contributed by atoms with E-state index in [2.05, 4.69) is 0 Å². The molecule has 0 saturated heterocycles. The van der Waals surface area contributed by atoms with Gasteiger partial charge in [0, 0.05) is 19.4 Å². The molecule has 1 aromatic rings. The first kappa shape index (κ1) is 8.27. The number of aromatic nitrogens is 2. The fourth-order valence-electron chi connectivity index (χ4n) is 0.790. The van der Waals surface area contributed by atoms with Crippen LogP contribution in [-0.2, 0) is 13.6 Å². The van der Waals surface area contributed by atoms with E-state index in [1.54, 1.807) is 6.07 Å². The van der Waals surface area contributed by atoms with E-state index in [0.717, 1.165) is 4.57 Å². The van der Waals surface area contributed by atoms with Crippen molar-refractivity contribution in [2.24, 2.45) is 7.05 Å². The molecule has 0 aromatic carbocycles. The first-order chi connectivity index (χ1) is 5.66. The van der Waals surface area contributed by atoms with E-state index >= 15 is 0 Å². The second-order valence-corrected chi connectivity index (χ2v) is 2.31. The van der Waals surface area contributed by atoms with Gasteiger partial charge in [-0.15, -0.1) is 0 Å². The molecule has 5 nitrogen and oxygen atoms in total. The summed E-state index contributed by atoms with van der Waals surface area (Å²) < 4.78 is 2.25. The molecule has 5 heteroatoms. The van der Waals surface area contributed by atoms with Crippen molar-refractivity contribution >= 4 is 0 Å². The summed E-state index contributed by atoms with van der Waals surface area (Å²) in [6.07, 6.45) is 2.86. The summed E-state index contributed by atoms with van der Waals surface area (Å²) in [5.74, 6) is 0. The summed E-state index contributed by atoms with van der Waals surface area (Å²) in [4.78, 5) is 22.0. The first-order valence-corrected chi connectivity index (χ1v) is 3.30. The Labute approximate surface area is 68.1 Å². The lowest BCUT2D eigenvalue weighted by Crippen LogP contribution is -2.39. The minimum Gasteiger partial charge on any atom is -0.312 e.